The van der Waals surface area contributed by atoms with E-state index in [0.717, 1.165) is 12.1 Å². The number of anilines is 1. The number of nitrogen functional groups attached to an aromatic ring is 1. The fourth-order valence-electron chi connectivity index (χ4n) is 2.94. The van der Waals surface area contributed by atoms with E-state index in [1.165, 1.54) is 0 Å². The Morgan fingerprint density at radius 2 is 0.839 bits per heavy atom. The molecule has 168 valence electrons. The van der Waals surface area contributed by atoms with Gasteiger partial charge in [0.25, 0.3) is 0 Å². The summed E-state index contributed by atoms with van der Waals surface area (Å²) < 4.78 is 0. The van der Waals surface area contributed by atoms with Crippen molar-refractivity contribution in [2.24, 2.45) is 17.8 Å². The Kier molecular flexibility index (Phi) is 8.06. The highest BCUT2D eigenvalue weighted by molar-refractivity contribution is 5.95. The molecule has 0 heterocycles. The maximum Gasteiger partial charge on any atom is 0.318 e. The van der Waals surface area contributed by atoms with Crippen molar-refractivity contribution in [2.45, 2.75) is 19.3 Å². The summed E-state index contributed by atoms with van der Waals surface area (Å²) in [6.07, 6.45) is -2.24. The number of hydrogen-bond donors (Lipinski definition) is 7. The molecule has 0 amide bonds. The van der Waals surface area contributed by atoms with Gasteiger partial charge in [-0.15, -0.1) is 0 Å². The van der Waals surface area contributed by atoms with Gasteiger partial charge in [0, 0.05) is 5.69 Å². The van der Waals surface area contributed by atoms with E-state index in [4.69, 9.17) is 26.2 Å². The fraction of sp³-hybridized carbons (Fsp3) is 0.333. The topological polar surface area (TPSA) is 250 Å². The van der Waals surface area contributed by atoms with E-state index in [0.29, 0.717) is 0 Å². The zero-order valence-electron chi connectivity index (χ0n) is 15.7. The Bertz CT molecular complexity index is 840. The van der Waals surface area contributed by atoms with Crippen molar-refractivity contribution in [2.75, 3.05) is 5.73 Å². The first kappa shape index (κ1) is 24.9. The molecule has 0 aliphatic carbocycles. The third kappa shape index (κ3) is 6.42. The van der Waals surface area contributed by atoms with Gasteiger partial charge in [0.2, 0.25) is 0 Å². The van der Waals surface area contributed by atoms with Crippen molar-refractivity contribution >= 4 is 41.5 Å². The maximum atomic E-state index is 11.3. The van der Waals surface area contributed by atoms with E-state index in [-0.39, 0.29) is 22.4 Å². The largest absolute Gasteiger partial charge is 0.481 e. The molecule has 0 saturated heterocycles. The number of carbonyl (C=O) groups is 6. The van der Waals surface area contributed by atoms with Crippen LogP contribution >= 0.6 is 0 Å². The monoisotopic (exact) mass is 441 g/mol. The van der Waals surface area contributed by atoms with E-state index in [2.05, 4.69) is 0 Å². The molecular weight excluding hydrogens is 422 g/mol. The first-order valence-corrected chi connectivity index (χ1v) is 8.53. The Balaban J connectivity index is 3.69. The van der Waals surface area contributed by atoms with Gasteiger partial charge in [0.15, 0.2) is 17.8 Å². The fourth-order valence-corrected chi connectivity index (χ4v) is 2.94. The summed E-state index contributed by atoms with van der Waals surface area (Å²) in [5, 5.41) is 54.9. The molecule has 1 aromatic carbocycles. The van der Waals surface area contributed by atoms with Crippen LogP contribution in [0.5, 0.6) is 0 Å². The first-order valence-electron chi connectivity index (χ1n) is 8.53. The molecule has 0 aliphatic rings. The van der Waals surface area contributed by atoms with Gasteiger partial charge in [0.05, 0.1) is 0 Å². The van der Waals surface area contributed by atoms with Gasteiger partial charge in [0.1, 0.15) is 0 Å². The molecule has 0 fully saturated rings. The van der Waals surface area contributed by atoms with Crippen molar-refractivity contribution in [3.63, 3.8) is 0 Å². The van der Waals surface area contributed by atoms with Crippen molar-refractivity contribution < 1.29 is 59.4 Å². The average molecular weight is 441 g/mol. The third-order valence-corrected chi connectivity index (χ3v) is 4.50. The number of carboxylic acids is 6. The molecule has 0 spiro atoms. The summed E-state index contributed by atoms with van der Waals surface area (Å²) in [4.78, 5) is 67.7. The van der Waals surface area contributed by atoms with E-state index < -0.39 is 72.8 Å². The summed E-state index contributed by atoms with van der Waals surface area (Å²) in [6, 6.07) is 2.21. The van der Waals surface area contributed by atoms with Gasteiger partial charge in [-0.1, -0.05) is 0 Å². The van der Waals surface area contributed by atoms with Crippen LogP contribution in [0.1, 0.15) is 16.7 Å². The molecule has 0 saturated carbocycles. The average Bonchev–Trinajstić information content (AvgIpc) is 2.61. The lowest BCUT2D eigenvalue weighted by Gasteiger charge is -2.20. The Morgan fingerprint density at radius 3 is 1.10 bits per heavy atom. The predicted molar refractivity (Wildman–Crippen MR) is 98.3 cm³/mol. The van der Waals surface area contributed by atoms with Crippen LogP contribution in [-0.2, 0) is 48.0 Å². The molecule has 1 rings (SSSR count). The van der Waals surface area contributed by atoms with Crippen molar-refractivity contribution in [1.29, 1.82) is 0 Å². The van der Waals surface area contributed by atoms with Crippen LogP contribution in [0.3, 0.4) is 0 Å². The lowest BCUT2D eigenvalue weighted by Crippen LogP contribution is -2.30. The summed E-state index contributed by atoms with van der Waals surface area (Å²) in [7, 11) is 0. The van der Waals surface area contributed by atoms with E-state index >= 15 is 0 Å². The minimum absolute atomic E-state index is 0.111. The molecule has 0 bridgehead atoms. The Morgan fingerprint density at radius 1 is 0.581 bits per heavy atom. The van der Waals surface area contributed by atoms with Crippen LogP contribution in [-0.4, -0.2) is 66.5 Å². The highest BCUT2D eigenvalue weighted by Gasteiger charge is 2.33. The van der Waals surface area contributed by atoms with Crippen LogP contribution in [0, 0.1) is 17.8 Å². The number of hydrogen-bond acceptors (Lipinski definition) is 7. The van der Waals surface area contributed by atoms with Crippen molar-refractivity contribution in [1.82, 2.24) is 0 Å². The zero-order chi connectivity index (χ0) is 24.0. The number of aliphatic carboxylic acids is 6. The van der Waals surface area contributed by atoms with Crippen molar-refractivity contribution in [3.8, 4) is 0 Å². The molecule has 13 heteroatoms. The Labute approximate surface area is 173 Å². The second kappa shape index (κ2) is 10.0. The van der Waals surface area contributed by atoms with Gasteiger partial charge >= 0.3 is 35.8 Å². The van der Waals surface area contributed by atoms with Crippen LogP contribution in [0.4, 0.5) is 5.69 Å². The van der Waals surface area contributed by atoms with Crippen LogP contribution in [0.15, 0.2) is 12.1 Å². The third-order valence-electron chi connectivity index (χ3n) is 4.50. The molecule has 0 aliphatic heterocycles. The van der Waals surface area contributed by atoms with Crippen LogP contribution in [0.25, 0.3) is 0 Å². The molecular formula is C18H19NO12. The predicted octanol–water partition coefficient (Wildman–Crippen LogP) is -0.747. The lowest BCUT2D eigenvalue weighted by molar-refractivity contribution is -0.156. The van der Waals surface area contributed by atoms with E-state index in [9.17, 15) is 39.0 Å². The highest BCUT2D eigenvalue weighted by atomic mass is 16.4. The highest BCUT2D eigenvalue weighted by Crippen LogP contribution is 2.28. The first-order chi connectivity index (χ1) is 14.3. The van der Waals surface area contributed by atoms with Gasteiger partial charge in [-0.25, -0.2) is 0 Å². The molecule has 0 aromatic heterocycles. The normalized spacial score (nSPS) is 10.9. The number of benzene rings is 1. The summed E-state index contributed by atoms with van der Waals surface area (Å²) in [5.41, 5.74) is 5.12. The van der Waals surface area contributed by atoms with Gasteiger partial charge in [-0.2, -0.15) is 0 Å². The van der Waals surface area contributed by atoms with E-state index in [1.807, 2.05) is 0 Å². The molecule has 8 N–H and O–H groups in total. The second-order valence-electron chi connectivity index (χ2n) is 6.62. The minimum Gasteiger partial charge on any atom is -0.481 e. The smallest absolute Gasteiger partial charge is 0.318 e. The number of nitrogens with two attached hydrogens (primary N) is 1. The van der Waals surface area contributed by atoms with E-state index in [1.54, 1.807) is 0 Å². The molecule has 0 radical (unpaired) electrons. The summed E-state index contributed by atoms with van der Waals surface area (Å²) in [5.74, 6) is -16.5. The number of carboxylic acid groups (broad SMARTS) is 6. The summed E-state index contributed by atoms with van der Waals surface area (Å²) in [6.45, 7) is 0. The standard InChI is InChI=1S/C18H19NO12/c19-8-1-6(3-10(13(20)21)14(22)23)9(5-12(17(28)29)18(30)31)7(2-8)4-11(15(24)25)16(26)27/h1-2,10-12H,3-5,19H2,(H,20,21)(H,22,23)(H,24,25)(H,26,27)(H,28,29)(H,30,31). The van der Waals surface area contributed by atoms with Gasteiger partial charge in [-0.3, -0.25) is 28.8 Å². The molecule has 0 atom stereocenters. The lowest BCUT2D eigenvalue weighted by atomic mass is 9.84. The zero-order valence-corrected chi connectivity index (χ0v) is 15.7. The molecule has 13 nitrogen and oxygen atoms in total. The number of rotatable bonds is 12. The summed E-state index contributed by atoms with van der Waals surface area (Å²) >= 11 is 0. The molecule has 1 aromatic rings. The molecule has 31 heavy (non-hydrogen) atoms. The van der Waals surface area contributed by atoms with Crippen LogP contribution < -0.4 is 5.73 Å². The quantitative estimate of drug-likeness (QED) is 0.156. The second-order valence-corrected chi connectivity index (χ2v) is 6.62. The maximum absolute atomic E-state index is 11.3. The Hall–Kier alpha value is -4.16. The van der Waals surface area contributed by atoms with Gasteiger partial charge in [-0.05, 0) is 48.1 Å². The SMILES string of the molecule is Nc1cc(CC(C(=O)O)C(=O)O)c(CC(C(=O)O)C(=O)O)c(CC(C(=O)O)C(=O)O)c1. The minimum atomic E-state index is -2.05. The molecule has 0 unspecified atom stereocenters. The van der Waals surface area contributed by atoms with Crippen LogP contribution in [0.2, 0.25) is 0 Å². The van der Waals surface area contributed by atoms with Gasteiger partial charge < -0.3 is 36.4 Å². The van der Waals surface area contributed by atoms with Crippen molar-refractivity contribution in [3.05, 3.63) is 28.8 Å².